The van der Waals surface area contributed by atoms with Gasteiger partial charge in [0.1, 0.15) is 147 Å². The van der Waals surface area contributed by atoms with Gasteiger partial charge >= 0.3 is 11.9 Å². The van der Waals surface area contributed by atoms with Crippen LogP contribution in [-0.4, -0.2) is 324 Å². The molecule has 1 aliphatic carbocycles. The predicted octanol–water partition coefficient (Wildman–Crippen LogP) is -5.72. The van der Waals surface area contributed by atoms with Crippen LogP contribution in [0.25, 0.3) is 34.8 Å². The van der Waals surface area contributed by atoms with Crippen LogP contribution in [0, 0.1) is 0 Å². The van der Waals surface area contributed by atoms with E-state index in [1.807, 2.05) is 0 Å². The van der Waals surface area contributed by atoms with Gasteiger partial charge in [0.05, 0.1) is 53.8 Å². The molecule has 10 rings (SSSR count). The lowest BCUT2D eigenvalue weighted by molar-refractivity contribution is -0.364. The van der Waals surface area contributed by atoms with Crippen molar-refractivity contribution >= 4 is 24.1 Å². The lowest BCUT2D eigenvalue weighted by atomic mass is 9.96. The maximum atomic E-state index is 14.3. The molecule has 39 heteroatoms. The van der Waals surface area contributed by atoms with Crippen molar-refractivity contribution in [3.05, 3.63) is 94.2 Å². The smallest absolute Gasteiger partial charge is 0.330 e. The first kappa shape index (κ1) is 80.1. The fourth-order valence-corrected chi connectivity index (χ4v) is 11.8. The number of phenols is 3. The Morgan fingerprint density at radius 1 is 0.425 bits per heavy atom. The number of aromatic hydroxyl groups is 3. The molecule has 0 amide bonds. The van der Waals surface area contributed by atoms with Crippen molar-refractivity contribution in [3.63, 3.8) is 0 Å². The van der Waals surface area contributed by atoms with Crippen molar-refractivity contribution < 1.29 is 187 Å². The Morgan fingerprint density at radius 3 is 1.32 bits per heavy atom. The van der Waals surface area contributed by atoms with E-state index in [9.17, 15) is 111 Å². The van der Waals surface area contributed by atoms with Crippen molar-refractivity contribution in [1.29, 1.82) is 0 Å². The Bertz CT molecular complexity index is 3850. The molecule has 5 saturated heterocycles. The first-order valence-electron chi connectivity index (χ1n) is 32.4. The number of aliphatic hydroxyl groups excluding tert-OH is 16. The van der Waals surface area contributed by atoms with Crippen LogP contribution in [-0.2, 0) is 52.2 Å². The number of carbonyl (C=O) groups excluding carboxylic acids is 2. The fourth-order valence-electron chi connectivity index (χ4n) is 11.8. The highest BCUT2D eigenvalue weighted by Crippen LogP contribution is 2.44. The number of aliphatic hydroxyl groups is 16. The minimum atomic E-state index is -2.24. The third-order valence-corrected chi connectivity index (χ3v) is 17.7. The van der Waals surface area contributed by atoms with Gasteiger partial charge in [-0.15, -0.1) is 0 Å². The molecule has 0 spiro atoms. The summed E-state index contributed by atoms with van der Waals surface area (Å²) in [7, 11) is 5.12. The van der Waals surface area contributed by atoms with Crippen LogP contribution in [0.5, 0.6) is 57.5 Å². The van der Waals surface area contributed by atoms with Crippen LogP contribution in [0.15, 0.2) is 82.0 Å². The van der Waals surface area contributed by atoms with Crippen molar-refractivity contribution in [2.24, 2.45) is 0 Å². The minimum Gasteiger partial charge on any atom is -0.504 e. The summed E-state index contributed by atoms with van der Waals surface area (Å²) < 4.78 is 95.6. The molecule has 3 aromatic carbocycles. The van der Waals surface area contributed by atoms with Gasteiger partial charge < -0.3 is 177 Å². The summed E-state index contributed by atoms with van der Waals surface area (Å²) in [5, 5.41) is 206. The largest absolute Gasteiger partial charge is 0.504 e. The maximum absolute atomic E-state index is 14.3. The Hall–Kier alpha value is -8.41. The van der Waals surface area contributed by atoms with Gasteiger partial charge in [-0.3, -0.25) is 4.79 Å². The molecule has 19 N–H and O–H groups in total. The molecule has 3 aromatic rings. The van der Waals surface area contributed by atoms with E-state index in [1.54, 1.807) is 0 Å². The highest BCUT2D eigenvalue weighted by atomic mass is 16.8. The Morgan fingerprint density at radius 2 is 0.840 bits per heavy atom. The number of fused-ring (bicyclic) bond motifs is 1. The number of benzene rings is 4. The summed E-state index contributed by atoms with van der Waals surface area (Å²) in [5.41, 5.74) is -0.935. The number of esters is 2. The van der Waals surface area contributed by atoms with E-state index >= 15 is 0 Å². The van der Waals surface area contributed by atoms with Gasteiger partial charge in [0.15, 0.2) is 64.0 Å². The number of methoxy groups -OCH3 is 4. The maximum Gasteiger partial charge on any atom is 0.330 e. The minimum absolute atomic E-state index is 0.0178. The van der Waals surface area contributed by atoms with Crippen molar-refractivity contribution in [2.75, 3.05) is 61.5 Å². The second-order valence-electron chi connectivity index (χ2n) is 24.7. The van der Waals surface area contributed by atoms with E-state index in [0.717, 1.165) is 42.5 Å². The molecule has 0 bridgehead atoms. The van der Waals surface area contributed by atoms with E-state index in [4.69, 9.17) is 80.2 Å². The van der Waals surface area contributed by atoms with Gasteiger partial charge in [0.25, 0.3) is 0 Å². The van der Waals surface area contributed by atoms with E-state index in [-0.39, 0.29) is 51.2 Å². The molecule has 25 unspecified atom stereocenters. The van der Waals surface area contributed by atoms with Crippen LogP contribution in [0.4, 0.5) is 0 Å². The third kappa shape index (κ3) is 17.4. The van der Waals surface area contributed by atoms with Crippen LogP contribution >= 0.6 is 0 Å². The van der Waals surface area contributed by atoms with Gasteiger partial charge in [-0.2, -0.15) is 0 Å². The molecular formula is C67H80O39. The van der Waals surface area contributed by atoms with Crippen LogP contribution in [0.3, 0.4) is 0 Å². The Balaban J connectivity index is 0.918. The van der Waals surface area contributed by atoms with E-state index in [2.05, 4.69) is 0 Å². The molecule has 0 radical (unpaired) electrons. The van der Waals surface area contributed by atoms with Gasteiger partial charge in [-0.1, -0.05) is 0 Å². The first-order valence-corrected chi connectivity index (χ1v) is 32.4. The Kier molecular flexibility index (Phi) is 26.2. The van der Waals surface area contributed by atoms with Gasteiger partial charge in [0, 0.05) is 29.8 Å². The molecule has 582 valence electrons. The van der Waals surface area contributed by atoms with E-state index in [0.29, 0.717) is 5.56 Å². The molecule has 39 nitrogen and oxygen atoms in total. The van der Waals surface area contributed by atoms with E-state index < -0.39 is 238 Å². The summed E-state index contributed by atoms with van der Waals surface area (Å²) in [6, 6.07) is 11.6. The highest BCUT2D eigenvalue weighted by molar-refractivity contribution is 5.88. The van der Waals surface area contributed by atoms with Crippen LogP contribution in [0.1, 0.15) is 11.1 Å². The number of rotatable bonds is 26. The first-order chi connectivity index (χ1) is 50.5. The molecule has 6 heterocycles. The molecule has 5 fully saturated rings. The summed E-state index contributed by atoms with van der Waals surface area (Å²) >= 11 is 0. The molecule has 7 aliphatic rings. The van der Waals surface area contributed by atoms with Gasteiger partial charge in [-0.05, 0) is 71.8 Å². The number of hydrogen-bond donors (Lipinski definition) is 19. The third-order valence-electron chi connectivity index (χ3n) is 17.7. The topological polar surface area (TPSA) is 596 Å². The summed E-state index contributed by atoms with van der Waals surface area (Å²) in [6.07, 6.45) is -44.5. The zero-order chi connectivity index (χ0) is 76.9. The van der Waals surface area contributed by atoms with E-state index in [1.165, 1.54) is 70.9 Å². The SMILES string of the molecule is COc1cc(C=CC(=O)OCC2OC(Oc3cc4oc(-c5ccc(O)c(OC6OC(CO)C(O)C(O)C6O)c5)c(OC5OC(COC6OC(COC(=O)C=Cc7cc(OC)c(O)c(OC)c7)C(O)C(OC7OC(CO)C(O)C(O)C7O)C6O)C(O)C(O)C5O)cc-4c(=O)c3)C(O)C(O)C2O)cc(OC)c1O. The lowest BCUT2D eigenvalue weighted by Gasteiger charge is -2.46. The fraction of sp³-hybridized carbons (Fsp3) is 0.507. The number of hydrogen-bond acceptors (Lipinski definition) is 39. The predicted molar refractivity (Wildman–Crippen MR) is 345 cm³/mol. The van der Waals surface area contributed by atoms with Crippen molar-refractivity contribution in [3.8, 4) is 80.1 Å². The second kappa shape index (κ2) is 34.7. The normalized spacial score (nSPS) is 33.4. The second-order valence-corrected chi connectivity index (χ2v) is 24.7. The molecule has 25 atom stereocenters. The highest BCUT2D eigenvalue weighted by Gasteiger charge is 2.54. The zero-order valence-corrected chi connectivity index (χ0v) is 56.2. The van der Waals surface area contributed by atoms with Crippen LogP contribution in [0.2, 0.25) is 0 Å². The van der Waals surface area contributed by atoms with Gasteiger partial charge in [0.2, 0.25) is 30.4 Å². The van der Waals surface area contributed by atoms with Crippen molar-refractivity contribution in [2.45, 2.75) is 154 Å². The average molecular weight is 1510 g/mol. The Labute approximate surface area is 598 Å². The molecule has 0 aromatic heterocycles. The van der Waals surface area contributed by atoms with Gasteiger partial charge in [-0.25, -0.2) is 9.59 Å². The molecule has 106 heavy (non-hydrogen) atoms. The summed E-state index contributed by atoms with van der Waals surface area (Å²) in [6.45, 7) is -4.41. The molecule has 6 aliphatic heterocycles. The van der Waals surface area contributed by atoms with Crippen molar-refractivity contribution in [1.82, 2.24) is 0 Å². The lowest BCUT2D eigenvalue weighted by Crippen LogP contribution is -2.65. The quantitative estimate of drug-likeness (QED) is 0.0181. The average Bonchev–Trinajstić information content (AvgIpc) is 0.768. The monoisotopic (exact) mass is 1510 g/mol. The summed E-state index contributed by atoms with van der Waals surface area (Å²) in [5.74, 6) is -5.85. The van der Waals surface area contributed by atoms with Crippen LogP contribution < -0.4 is 38.6 Å². The molecular weight excluding hydrogens is 1430 g/mol. The number of phenolic OH excluding ortho intramolecular Hbond substituents is 3. The standard InChI is InChI=1S/C67H80O39/c1-90-33-11-24(12-34(91-2)45(33)74)5-9-43(72)94-21-40-49(78)54(83)56(85)64(104-40)97-27-16-30(71)28-18-37(61(98-31(28)17-27)26-7-8-29(70)32(15-26)99-65-57(86)52(81)47(76)38(19-68)101-65)100-66-58(87)55(84)50(79)41(105-66)23-96-63-60(89)62(106-67-59(88)53(82)48(77)39(20-69)102-67)51(80)42(103-63)22-95-44(73)10-6-25-13-35(92-3)46(75)36(14-25)93-4/h5-18,38-42,47-60,62-70,74-89H,19-23H2,1-4H3. The zero-order valence-electron chi connectivity index (χ0n) is 56.2. The summed E-state index contributed by atoms with van der Waals surface area (Å²) in [4.78, 5) is 40.3. The number of ether oxygens (including phenoxy) is 16. The molecule has 0 saturated carbocycles. The number of carbonyl (C=O) groups is 2.